The molecule has 8 heteroatoms. The molecule has 0 saturated carbocycles. The fraction of sp³-hybridized carbons (Fsp3) is 0.167. The van der Waals surface area contributed by atoms with Crippen molar-refractivity contribution in [3.8, 4) is 5.75 Å². The van der Waals surface area contributed by atoms with Gasteiger partial charge >= 0.3 is 0 Å². The summed E-state index contributed by atoms with van der Waals surface area (Å²) >= 11 is 13.4. The van der Waals surface area contributed by atoms with E-state index in [0.717, 1.165) is 10.5 Å². The third kappa shape index (κ3) is 6.92. The van der Waals surface area contributed by atoms with Gasteiger partial charge in [0.15, 0.2) is 0 Å². The lowest BCUT2D eigenvalue weighted by atomic mass is 10.1. The molecule has 0 aromatic heterocycles. The number of anilines is 2. The van der Waals surface area contributed by atoms with E-state index in [0.29, 0.717) is 27.2 Å². The second-order valence-corrected chi connectivity index (χ2v) is 9.23. The number of hydrogen-bond acceptors (Lipinski definition) is 4. The van der Waals surface area contributed by atoms with Gasteiger partial charge in [0.2, 0.25) is 11.8 Å². The Labute approximate surface area is 201 Å². The van der Waals surface area contributed by atoms with E-state index in [1.54, 1.807) is 30.3 Å². The van der Waals surface area contributed by atoms with Crippen LogP contribution < -0.4 is 15.4 Å². The van der Waals surface area contributed by atoms with Crippen LogP contribution in [-0.2, 0) is 16.0 Å². The Balaban J connectivity index is 1.51. The normalized spacial score (nSPS) is 11.5. The van der Waals surface area contributed by atoms with Crippen LogP contribution in [0.3, 0.4) is 0 Å². The number of thioether (sulfide) groups is 1. The molecule has 0 bridgehead atoms. The molecule has 0 spiro atoms. The van der Waals surface area contributed by atoms with Crippen LogP contribution in [0.5, 0.6) is 5.75 Å². The van der Waals surface area contributed by atoms with Crippen molar-refractivity contribution in [2.24, 2.45) is 0 Å². The van der Waals surface area contributed by atoms with Gasteiger partial charge in [-0.15, -0.1) is 11.8 Å². The van der Waals surface area contributed by atoms with Crippen LogP contribution in [0.1, 0.15) is 12.5 Å². The van der Waals surface area contributed by atoms with Crippen LogP contribution in [0.4, 0.5) is 11.4 Å². The van der Waals surface area contributed by atoms with Gasteiger partial charge in [-0.2, -0.15) is 0 Å². The average molecular weight is 489 g/mol. The molecule has 1 unspecified atom stereocenters. The highest BCUT2D eigenvalue weighted by atomic mass is 35.5. The van der Waals surface area contributed by atoms with Gasteiger partial charge < -0.3 is 15.4 Å². The number of halogens is 2. The first kappa shape index (κ1) is 24.0. The van der Waals surface area contributed by atoms with E-state index in [9.17, 15) is 9.59 Å². The fourth-order valence-corrected chi connectivity index (χ4v) is 4.11. The number of hydrogen-bond donors (Lipinski definition) is 2. The highest BCUT2D eigenvalue weighted by Crippen LogP contribution is 2.29. The van der Waals surface area contributed by atoms with E-state index >= 15 is 0 Å². The maximum Gasteiger partial charge on any atom is 0.237 e. The minimum absolute atomic E-state index is 0.112. The van der Waals surface area contributed by atoms with Crippen LogP contribution in [0.15, 0.2) is 71.6 Å². The lowest BCUT2D eigenvalue weighted by molar-refractivity contribution is -0.116. The SMILES string of the molecule is COc1ccc(NC(=O)C(C)Sc2ccc(NC(=O)Cc3ccc(Cl)cc3)cc2)cc1Cl. The molecule has 0 heterocycles. The predicted octanol–water partition coefficient (Wildman–Crippen LogP) is 6.30. The van der Waals surface area contributed by atoms with Gasteiger partial charge in [-0.05, 0) is 67.1 Å². The molecule has 2 amide bonds. The Morgan fingerprint density at radius 3 is 2.22 bits per heavy atom. The number of rotatable bonds is 8. The van der Waals surface area contributed by atoms with Crippen LogP contribution in [0, 0.1) is 0 Å². The first-order valence-corrected chi connectivity index (χ1v) is 11.4. The lowest BCUT2D eigenvalue weighted by Crippen LogP contribution is -2.22. The topological polar surface area (TPSA) is 67.4 Å². The lowest BCUT2D eigenvalue weighted by Gasteiger charge is -2.13. The Hall–Kier alpha value is -2.67. The Bertz CT molecular complexity index is 1090. The largest absolute Gasteiger partial charge is 0.495 e. The van der Waals surface area contributed by atoms with Crippen molar-refractivity contribution >= 4 is 58.2 Å². The van der Waals surface area contributed by atoms with Crippen molar-refractivity contribution in [2.75, 3.05) is 17.7 Å². The number of nitrogens with one attached hydrogen (secondary N) is 2. The third-order valence-corrected chi connectivity index (χ3v) is 6.18. The average Bonchev–Trinajstić information content (AvgIpc) is 2.77. The van der Waals surface area contributed by atoms with Crippen molar-refractivity contribution in [1.29, 1.82) is 0 Å². The predicted molar refractivity (Wildman–Crippen MR) is 132 cm³/mol. The van der Waals surface area contributed by atoms with Crippen LogP contribution >= 0.6 is 35.0 Å². The zero-order valence-electron chi connectivity index (χ0n) is 17.5. The Morgan fingerprint density at radius 1 is 0.938 bits per heavy atom. The number of amides is 2. The van der Waals surface area contributed by atoms with Gasteiger partial charge in [-0.3, -0.25) is 9.59 Å². The molecule has 3 aromatic carbocycles. The zero-order chi connectivity index (χ0) is 23.1. The third-order valence-electron chi connectivity index (χ3n) is 4.52. The molecule has 166 valence electrons. The van der Waals surface area contributed by atoms with Crippen molar-refractivity contribution in [3.05, 3.63) is 82.3 Å². The maximum absolute atomic E-state index is 12.5. The molecule has 2 N–H and O–H groups in total. The first-order chi connectivity index (χ1) is 15.3. The van der Waals surface area contributed by atoms with Gasteiger partial charge in [0, 0.05) is 21.3 Å². The summed E-state index contributed by atoms with van der Waals surface area (Å²) in [4.78, 5) is 25.7. The Morgan fingerprint density at radius 2 is 1.59 bits per heavy atom. The molecular formula is C24H22Cl2N2O3S. The Kier molecular flexibility index (Phi) is 8.45. The summed E-state index contributed by atoms with van der Waals surface area (Å²) in [6, 6.07) is 19.6. The summed E-state index contributed by atoms with van der Waals surface area (Å²) in [7, 11) is 1.54. The zero-order valence-corrected chi connectivity index (χ0v) is 19.9. The highest BCUT2D eigenvalue weighted by Gasteiger charge is 2.15. The van der Waals surface area contributed by atoms with Gasteiger partial charge in [0.25, 0.3) is 0 Å². The molecule has 0 saturated heterocycles. The second kappa shape index (κ2) is 11.3. The van der Waals surface area contributed by atoms with Crippen LogP contribution in [0.2, 0.25) is 10.0 Å². The molecule has 0 aliphatic heterocycles. The second-order valence-electron chi connectivity index (χ2n) is 6.97. The summed E-state index contributed by atoms with van der Waals surface area (Å²) in [6.45, 7) is 1.83. The van der Waals surface area contributed by atoms with E-state index in [4.69, 9.17) is 27.9 Å². The van der Waals surface area contributed by atoms with E-state index in [-0.39, 0.29) is 23.5 Å². The van der Waals surface area contributed by atoms with Gasteiger partial charge in [0.05, 0.1) is 23.8 Å². The molecule has 0 fully saturated rings. The number of carbonyl (C=O) groups excluding carboxylic acids is 2. The standard InChI is InChI=1S/C24H22Cl2N2O3S/c1-15(24(30)28-19-9-12-22(31-2)21(26)14-19)32-20-10-7-18(8-11-20)27-23(29)13-16-3-5-17(25)6-4-16/h3-12,14-15H,13H2,1-2H3,(H,27,29)(H,28,30). The summed E-state index contributed by atoms with van der Waals surface area (Å²) in [5, 5.41) is 6.46. The molecule has 3 aromatic rings. The van der Waals surface area contributed by atoms with Crippen LogP contribution in [-0.4, -0.2) is 24.2 Å². The molecule has 0 aliphatic carbocycles. The van der Waals surface area contributed by atoms with Crippen molar-refractivity contribution in [1.82, 2.24) is 0 Å². The van der Waals surface area contributed by atoms with E-state index in [1.165, 1.54) is 18.9 Å². The summed E-state index contributed by atoms with van der Waals surface area (Å²) in [5.74, 6) is 0.294. The molecule has 1 atom stereocenters. The van der Waals surface area contributed by atoms with E-state index in [1.807, 2.05) is 43.3 Å². The molecule has 0 radical (unpaired) electrons. The minimum atomic E-state index is -0.332. The number of ether oxygens (including phenoxy) is 1. The van der Waals surface area contributed by atoms with Crippen LogP contribution in [0.25, 0.3) is 0 Å². The van der Waals surface area contributed by atoms with Crippen molar-refractivity contribution < 1.29 is 14.3 Å². The summed E-state index contributed by atoms with van der Waals surface area (Å²) < 4.78 is 5.12. The number of carbonyl (C=O) groups is 2. The summed E-state index contributed by atoms with van der Waals surface area (Å²) in [5.41, 5.74) is 2.18. The summed E-state index contributed by atoms with van der Waals surface area (Å²) in [6.07, 6.45) is 0.264. The smallest absolute Gasteiger partial charge is 0.237 e. The molecule has 32 heavy (non-hydrogen) atoms. The molecule has 5 nitrogen and oxygen atoms in total. The monoisotopic (exact) mass is 488 g/mol. The minimum Gasteiger partial charge on any atom is -0.495 e. The maximum atomic E-state index is 12.5. The quantitative estimate of drug-likeness (QED) is 0.365. The van der Waals surface area contributed by atoms with E-state index in [2.05, 4.69) is 10.6 Å². The number of methoxy groups -OCH3 is 1. The highest BCUT2D eigenvalue weighted by molar-refractivity contribution is 8.00. The number of benzene rings is 3. The fourth-order valence-electron chi connectivity index (χ4n) is 2.86. The first-order valence-electron chi connectivity index (χ1n) is 9.79. The van der Waals surface area contributed by atoms with Gasteiger partial charge in [-0.25, -0.2) is 0 Å². The molecule has 0 aliphatic rings. The van der Waals surface area contributed by atoms with Crippen molar-refractivity contribution in [3.63, 3.8) is 0 Å². The van der Waals surface area contributed by atoms with Crippen molar-refractivity contribution in [2.45, 2.75) is 23.5 Å². The van der Waals surface area contributed by atoms with Gasteiger partial charge in [-0.1, -0.05) is 35.3 Å². The van der Waals surface area contributed by atoms with Gasteiger partial charge in [0.1, 0.15) is 5.75 Å². The molecule has 3 rings (SSSR count). The van der Waals surface area contributed by atoms with E-state index < -0.39 is 0 Å². The molecular weight excluding hydrogens is 467 g/mol.